The number of nitrogens with zero attached hydrogens (tertiary/aromatic N) is 2. The van der Waals surface area contributed by atoms with Crippen LogP contribution in [-0.2, 0) is 6.54 Å². The Morgan fingerprint density at radius 2 is 2.25 bits per heavy atom. The normalized spacial score (nSPS) is 15.6. The van der Waals surface area contributed by atoms with Gasteiger partial charge in [-0.05, 0) is 59.5 Å². The third-order valence-corrected chi connectivity index (χ3v) is 3.61. The fraction of sp³-hybridized carbons (Fsp3) is 0.333. The van der Waals surface area contributed by atoms with Gasteiger partial charge in [0.15, 0.2) is 0 Å². The molecule has 82 valence electrons. The highest BCUT2D eigenvalue weighted by atomic mass is 127. The fourth-order valence-corrected chi connectivity index (χ4v) is 2.33. The van der Waals surface area contributed by atoms with Crippen LogP contribution in [0.5, 0.6) is 0 Å². The Morgan fingerprint density at radius 1 is 1.44 bits per heavy atom. The molecule has 3 nitrogen and oxygen atoms in total. The van der Waals surface area contributed by atoms with Crippen molar-refractivity contribution in [2.45, 2.75) is 19.4 Å². The molecule has 1 aliphatic rings. The van der Waals surface area contributed by atoms with Gasteiger partial charge in [-0.15, -0.1) is 0 Å². The van der Waals surface area contributed by atoms with E-state index in [1.165, 1.54) is 12.8 Å². The minimum absolute atomic E-state index is 0.0930. The summed E-state index contributed by atoms with van der Waals surface area (Å²) in [5.74, 6) is 0.694. The Morgan fingerprint density at radius 3 is 3.00 bits per heavy atom. The third-order valence-electron chi connectivity index (χ3n) is 2.94. The van der Waals surface area contributed by atoms with Crippen LogP contribution < -0.4 is 5.56 Å². The fourth-order valence-electron chi connectivity index (χ4n) is 1.84. The van der Waals surface area contributed by atoms with Gasteiger partial charge in [-0.2, -0.15) is 0 Å². The van der Waals surface area contributed by atoms with Crippen molar-refractivity contribution in [3.63, 3.8) is 0 Å². The summed E-state index contributed by atoms with van der Waals surface area (Å²) in [4.78, 5) is 16.5. The predicted molar refractivity (Wildman–Crippen MR) is 71.4 cm³/mol. The SMILES string of the molecule is O=c1c2cc(I)ccc2ncn1CC1CC1. The molecular weight excluding hydrogens is 315 g/mol. The lowest BCUT2D eigenvalue weighted by Gasteiger charge is -2.05. The Bertz CT molecular complexity index is 601. The number of hydrogen-bond acceptors (Lipinski definition) is 2. The summed E-state index contributed by atoms with van der Waals surface area (Å²) in [6, 6.07) is 5.79. The van der Waals surface area contributed by atoms with Crippen LogP contribution in [-0.4, -0.2) is 9.55 Å². The van der Waals surface area contributed by atoms with E-state index in [1.54, 1.807) is 10.9 Å². The Balaban J connectivity index is 2.17. The number of hydrogen-bond donors (Lipinski definition) is 0. The van der Waals surface area contributed by atoms with Crippen LogP contribution >= 0.6 is 22.6 Å². The molecule has 4 heteroatoms. The van der Waals surface area contributed by atoms with Gasteiger partial charge in [-0.25, -0.2) is 4.98 Å². The van der Waals surface area contributed by atoms with Gasteiger partial charge in [0, 0.05) is 10.1 Å². The first-order valence-corrected chi connectivity index (χ1v) is 6.46. The van der Waals surface area contributed by atoms with Crippen LogP contribution in [0.4, 0.5) is 0 Å². The van der Waals surface area contributed by atoms with Crippen molar-refractivity contribution in [3.8, 4) is 0 Å². The predicted octanol–water partition coefficient (Wildman–Crippen LogP) is 2.41. The van der Waals surface area contributed by atoms with Crippen molar-refractivity contribution in [3.05, 3.63) is 38.5 Å². The number of benzene rings is 1. The summed E-state index contributed by atoms with van der Waals surface area (Å²) < 4.78 is 2.82. The number of fused-ring (bicyclic) bond motifs is 1. The largest absolute Gasteiger partial charge is 0.298 e. The van der Waals surface area contributed by atoms with Crippen LogP contribution in [0.2, 0.25) is 0 Å². The topological polar surface area (TPSA) is 34.9 Å². The maximum atomic E-state index is 12.2. The van der Waals surface area contributed by atoms with E-state index in [-0.39, 0.29) is 5.56 Å². The van der Waals surface area contributed by atoms with E-state index in [0.717, 1.165) is 21.0 Å². The minimum atomic E-state index is 0.0930. The molecule has 3 rings (SSSR count). The molecule has 0 saturated heterocycles. The monoisotopic (exact) mass is 326 g/mol. The van der Waals surface area contributed by atoms with Crippen molar-refractivity contribution in [2.24, 2.45) is 5.92 Å². The lowest BCUT2D eigenvalue weighted by Crippen LogP contribution is -2.21. The molecule has 2 aromatic rings. The molecule has 0 aliphatic heterocycles. The maximum Gasteiger partial charge on any atom is 0.261 e. The van der Waals surface area contributed by atoms with Crippen LogP contribution in [0, 0.1) is 9.49 Å². The first-order chi connectivity index (χ1) is 7.74. The third kappa shape index (κ3) is 1.86. The molecule has 1 aliphatic carbocycles. The number of rotatable bonds is 2. The molecule has 0 spiro atoms. The molecule has 0 amide bonds. The zero-order valence-electron chi connectivity index (χ0n) is 8.69. The summed E-state index contributed by atoms with van der Waals surface area (Å²) in [6.45, 7) is 0.827. The molecule has 1 heterocycles. The summed E-state index contributed by atoms with van der Waals surface area (Å²) in [6.07, 6.45) is 4.17. The summed E-state index contributed by atoms with van der Waals surface area (Å²) >= 11 is 2.22. The van der Waals surface area contributed by atoms with E-state index >= 15 is 0 Å². The van der Waals surface area contributed by atoms with Gasteiger partial charge in [0.2, 0.25) is 0 Å². The zero-order valence-corrected chi connectivity index (χ0v) is 10.8. The molecule has 16 heavy (non-hydrogen) atoms. The standard InChI is InChI=1S/C12H11IN2O/c13-9-3-4-11-10(5-9)12(16)15(7-14-11)6-8-1-2-8/h3-5,7-8H,1-2,6H2. The van der Waals surface area contributed by atoms with Gasteiger partial charge in [-0.1, -0.05) is 0 Å². The molecule has 0 bridgehead atoms. The van der Waals surface area contributed by atoms with Gasteiger partial charge in [0.25, 0.3) is 5.56 Å². The second-order valence-electron chi connectivity index (χ2n) is 4.31. The van der Waals surface area contributed by atoms with Gasteiger partial charge in [-0.3, -0.25) is 9.36 Å². The van der Waals surface area contributed by atoms with Crippen LogP contribution in [0.1, 0.15) is 12.8 Å². The summed E-state index contributed by atoms with van der Waals surface area (Å²) in [5, 5.41) is 0.732. The van der Waals surface area contributed by atoms with Gasteiger partial charge in [0.1, 0.15) is 0 Å². The van der Waals surface area contributed by atoms with Gasteiger partial charge < -0.3 is 0 Å². The van der Waals surface area contributed by atoms with Crippen molar-refractivity contribution in [1.82, 2.24) is 9.55 Å². The molecule has 0 atom stereocenters. The van der Waals surface area contributed by atoms with E-state index in [9.17, 15) is 4.79 Å². The van der Waals surface area contributed by atoms with E-state index in [2.05, 4.69) is 27.6 Å². The van der Waals surface area contributed by atoms with Crippen molar-refractivity contribution < 1.29 is 0 Å². The average molecular weight is 326 g/mol. The zero-order chi connectivity index (χ0) is 11.1. The van der Waals surface area contributed by atoms with Crippen LogP contribution in [0.15, 0.2) is 29.3 Å². The highest BCUT2D eigenvalue weighted by molar-refractivity contribution is 14.1. The first-order valence-electron chi connectivity index (χ1n) is 5.39. The van der Waals surface area contributed by atoms with Gasteiger partial charge in [0.05, 0.1) is 17.2 Å². The van der Waals surface area contributed by atoms with Crippen molar-refractivity contribution >= 4 is 33.5 Å². The lowest BCUT2D eigenvalue weighted by atomic mass is 10.2. The Hall–Kier alpha value is -0.910. The van der Waals surface area contributed by atoms with E-state index < -0.39 is 0 Å². The highest BCUT2D eigenvalue weighted by Gasteiger charge is 2.22. The molecule has 1 fully saturated rings. The van der Waals surface area contributed by atoms with Crippen molar-refractivity contribution in [1.29, 1.82) is 0 Å². The first kappa shape index (κ1) is 10.3. The Kier molecular flexibility index (Phi) is 2.46. The van der Waals surface area contributed by atoms with Crippen molar-refractivity contribution in [2.75, 3.05) is 0 Å². The summed E-state index contributed by atoms with van der Waals surface area (Å²) in [5.41, 5.74) is 0.882. The quantitative estimate of drug-likeness (QED) is 0.795. The minimum Gasteiger partial charge on any atom is -0.298 e. The molecule has 1 aromatic carbocycles. The highest BCUT2D eigenvalue weighted by Crippen LogP contribution is 2.30. The smallest absolute Gasteiger partial charge is 0.261 e. The summed E-state index contributed by atoms with van der Waals surface area (Å²) in [7, 11) is 0. The van der Waals surface area contributed by atoms with E-state index in [0.29, 0.717) is 5.92 Å². The Labute approximate surface area is 107 Å². The average Bonchev–Trinajstić information content (AvgIpc) is 3.07. The molecule has 0 unspecified atom stereocenters. The van der Waals surface area contributed by atoms with Crippen LogP contribution in [0.3, 0.4) is 0 Å². The molecule has 0 N–H and O–H groups in total. The van der Waals surface area contributed by atoms with Gasteiger partial charge >= 0.3 is 0 Å². The second kappa shape index (κ2) is 3.84. The van der Waals surface area contributed by atoms with E-state index in [1.807, 2.05) is 18.2 Å². The second-order valence-corrected chi connectivity index (χ2v) is 5.55. The lowest BCUT2D eigenvalue weighted by molar-refractivity contribution is 0.602. The van der Waals surface area contributed by atoms with E-state index in [4.69, 9.17) is 0 Å². The molecular formula is C12H11IN2O. The number of aromatic nitrogens is 2. The maximum absolute atomic E-state index is 12.2. The molecule has 0 radical (unpaired) electrons. The molecule has 1 saturated carbocycles. The van der Waals surface area contributed by atoms with Crippen LogP contribution in [0.25, 0.3) is 10.9 Å². The number of halogens is 1. The molecule has 1 aromatic heterocycles.